The van der Waals surface area contributed by atoms with E-state index in [1.54, 1.807) is 29.2 Å². The average molecular weight is 539 g/mol. The summed E-state index contributed by atoms with van der Waals surface area (Å²) < 4.78 is 33.6. The number of halogens is 2. The molecule has 2 aromatic carbocycles. The highest BCUT2D eigenvalue weighted by molar-refractivity contribution is 6.03. The van der Waals surface area contributed by atoms with Crippen LogP contribution in [0.25, 0.3) is 11.3 Å². The number of amides is 3. The molecule has 1 aromatic heterocycles. The molecule has 2 fully saturated rings. The third-order valence-electron chi connectivity index (χ3n) is 7.13. The molecule has 1 aliphatic heterocycles. The molecule has 3 aromatic rings. The van der Waals surface area contributed by atoms with Crippen molar-refractivity contribution in [1.82, 2.24) is 20.0 Å². The van der Waals surface area contributed by atoms with Gasteiger partial charge in [0, 0.05) is 25.2 Å². The zero-order valence-corrected chi connectivity index (χ0v) is 21.2. The maximum Gasteiger partial charge on any atom is 0.255 e. The molecule has 204 valence electrons. The number of nitrogens with zero attached hydrogens (tertiary/aromatic N) is 3. The lowest BCUT2D eigenvalue weighted by Gasteiger charge is -2.17. The second-order valence-corrected chi connectivity index (χ2v) is 9.73. The van der Waals surface area contributed by atoms with Gasteiger partial charge in [0.2, 0.25) is 5.91 Å². The van der Waals surface area contributed by atoms with Crippen molar-refractivity contribution in [3.63, 3.8) is 0 Å². The number of alkyl halides is 1. The van der Waals surface area contributed by atoms with Crippen molar-refractivity contribution in [3.05, 3.63) is 65.0 Å². The molecular weight excluding hydrogens is 510 g/mol. The Kier molecular flexibility index (Phi) is 6.94. The van der Waals surface area contributed by atoms with Gasteiger partial charge in [0.1, 0.15) is 34.8 Å². The molecule has 1 saturated carbocycles. The summed E-state index contributed by atoms with van der Waals surface area (Å²) in [5.41, 5.74) is 13.7. The Morgan fingerprint density at radius 3 is 2.54 bits per heavy atom. The Hall–Kier alpha value is -4.48. The largest absolute Gasteiger partial charge is 0.496 e. The number of hydrogen-bond acceptors (Lipinski definition) is 6. The second kappa shape index (κ2) is 10.4. The molecule has 0 unspecified atom stereocenters. The number of aromatic nitrogens is 2. The molecule has 12 heteroatoms. The van der Waals surface area contributed by atoms with Crippen LogP contribution in [0.3, 0.4) is 0 Å². The van der Waals surface area contributed by atoms with Crippen LogP contribution in [0.5, 0.6) is 5.75 Å². The number of carbonyl (C=O) groups excluding carboxylic acids is 3. The van der Waals surface area contributed by atoms with E-state index in [-0.39, 0.29) is 47.6 Å². The number of anilines is 1. The molecule has 2 heterocycles. The zero-order chi connectivity index (χ0) is 27.8. The lowest BCUT2D eigenvalue weighted by molar-refractivity contribution is -0.132. The molecule has 10 nitrogen and oxygen atoms in total. The quantitative estimate of drug-likeness (QED) is 0.402. The summed E-state index contributed by atoms with van der Waals surface area (Å²) in [6.07, 6.45) is -0.244. The molecule has 0 bridgehead atoms. The van der Waals surface area contributed by atoms with Crippen molar-refractivity contribution in [2.24, 2.45) is 11.7 Å². The van der Waals surface area contributed by atoms with Crippen LogP contribution >= 0.6 is 0 Å². The number of nitrogen functional groups attached to an aromatic ring is 1. The Balaban J connectivity index is 1.31. The van der Waals surface area contributed by atoms with Crippen molar-refractivity contribution < 1.29 is 27.9 Å². The molecule has 5 rings (SSSR count). The molecule has 0 spiro atoms. The average Bonchev–Trinajstić information content (AvgIpc) is 3.30. The minimum Gasteiger partial charge on any atom is -0.496 e. The van der Waals surface area contributed by atoms with Gasteiger partial charge in [0.25, 0.3) is 11.8 Å². The van der Waals surface area contributed by atoms with E-state index in [0.29, 0.717) is 30.8 Å². The number of ether oxygens (including phenoxy) is 1. The van der Waals surface area contributed by atoms with Crippen LogP contribution in [-0.2, 0) is 11.3 Å². The fourth-order valence-corrected chi connectivity index (χ4v) is 4.88. The Morgan fingerprint density at radius 2 is 1.90 bits per heavy atom. The van der Waals surface area contributed by atoms with E-state index in [4.69, 9.17) is 16.2 Å². The normalized spacial score (nSPS) is 20.1. The maximum atomic E-state index is 13.6. The number of hydrogen-bond donors (Lipinski definition) is 3. The van der Waals surface area contributed by atoms with Gasteiger partial charge < -0.3 is 26.4 Å². The van der Waals surface area contributed by atoms with Crippen LogP contribution < -0.4 is 21.5 Å². The van der Waals surface area contributed by atoms with Crippen molar-refractivity contribution in [1.29, 1.82) is 0 Å². The van der Waals surface area contributed by atoms with Crippen LogP contribution in [-0.4, -0.2) is 58.8 Å². The number of carbonyl (C=O) groups is 3. The molecule has 2 aliphatic rings. The van der Waals surface area contributed by atoms with E-state index < -0.39 is 29.7 Å². The number of nitrogens with one attached hydrogen (secondary N) is 1. The second-order valence-electron chi connectivity index (χ2n) is 9.73. The van der Waals surface area contributed by atoms with Crippen LogP contribution in [0.1, 0.15) is 45.2 Å². The molecule has 1 aliphatic carbocycles. The summed E-state index contributed by atoms with van der Waals surface area (Å²) in [6.45, 7) is 0.931. The Bertz CT molecular complexity index is 1440. The standard InChI is InChI=1S/C27H28F2N6O4/c1-39-21-7-6-16(28)10-19(21)26(37)32-12-14-2-4-15(5-3-14)23-22(25(31)36)24(30)35(33-23)17-8-9-34(13-17)27(38)18-11-20(18)29/h2-7,10,17-18,20H,8-9,11-13,30H2,1H3,(H2,31,36)(H,32,37)/t17-,18+,20+/m1/s1. The van der Waals surface area contributed by atoms with Gasteiger partial charge in [-0.2, -0.15) is 5.10 Å². The van der Waals surface area contributed by atoms with Crippen LogP contribution in [0.15, 0.2) is 42.5 Å². The minimum atomic E-state index is -1.07. The van der Waals surface area contributed by atoms with Crippen molar-refractivity contribution in [2.45, 2.75) is 31.6 Å². The highest BCUT2D eigenvalue weighted by Crippen LogP contribution is 2.38. The third kappa shape index (κ3) is 5.14. The van der Waals surface area contributed by atoms with E-state index in [1.165, 1.54) is 23.9 Å². The summed E-state index contributed by atoms with van der Waals surface area (Å²) in [4.78, 5) is 38.9. The predicted octanol–water partition coefficient (Wildman–Crippen LogP) is 2.44. The molecule has 1 saturated heterocycles. The highest BCUT2D eigenvalue weighted by Gasteiger charge is 2.47. The topological polar surface area (TPSA) is 146 Å². The Labute approximate surface area is 222 Å². The molecular formula is C27H28F2N6O4. The third-order valence-corrected chi connectivity index (χ3v) is 7.13. The minimum absolute atomic E-state index is 0.0741. The highest BCUT2D eigenvalue weighted by atomic mass is 19.1. The lowest BCUT2D eigenvalue weighted by Crippen LogP contribution is -2.31. The summed E-state index contributed by atoms with van der Waals surface area (Å²) >= 11 is 0. The van der Waals surface area contributed by atoms with Gasteiger partial charge >= 0.3 is 0 Å². The van der Waals surface area contributed by atoms with E-state index in [1.807, 2.05) is 0 Å². The molecule has 39 heavy (non-hydrogen) atoms. The fourth-order valence-electron chi connectivity index (χ4n) is 4.88. The van der Waals surface area contributed by atoms with E-state index >= 15 is 0 Å². The van der Waals surface area contributed by atoms with Gasteiger partial charge in [-0.3, -0.25) is 14.4 Å². The van der Waals surface area contributed by atoms with E-state index in [0.717, 1.165) is 11.6 Å². The fraction of sp³-hybridized carbons (Fsp3) is 0.333. The zero-order valence-electron chi connectivity index (χ0n) is 21.2. The molecule has 5 N–H and O–H groups in total. The number of benzene rings is 2. The first-order valence-electron chi connectivity index (χ1n) is 12.5. The first kappa shape index (κ1) is 26.1. The van der Waals surface area contributed by atoms with Gasteiger partial charge in [-0.15, -0.1) is 0 Å². The number of methoxy groups -OCH3 is 1. The lowest BCUT2D eigenvalue weighted by atomic mass is 10.0. The summed E-state index contributed by atoms with van der Waals surface area (Å²) in [5, 5.41) is 7.31. The van der Waals surface area contributed by atoms with Crippen LogP contribution in [0.4, 0.5) is 14.6 Å². The predicted molar refractivity (Wildman–Crippen MR) is 138 cm³/mol. The summed E-state index contributed by atoms with van der Waals surface area (Å²) in [5.74, 6) is -2.19. The van der Waals surface area contributed by atoms with Gasteiger partial charge in [-0.1, -0.05) is 24.3 Å². The van der Waals surface area contributed by atoms with Crippen molar-refractivity contribution in [3.8, 4) is 17.0 Å². The molecule has 3 amide bonds. The number of rotatable bonds is 8. The smallest absolute Gasteiger partial charge is 0.255 e. The number of likely N-dealkylation sites (tertiary alicyclic amines) is 1. The van der Waals surface area contributed by atoms with Gasteiger partial charge in [0.15, 0.2) is 0 Å². The van der Waals surface area contributed by atoms with E-state index in [9.17, 15) is 23.2 Å². The van der Waals surface area contributed by atoms with Crippen LogP contribution in [0.2, 0.25) is 0 Å². The van der Waals surface area contributed by atoms with Crippen molar-refractivity contribution in [2.75, 3.05) is 25.9 Å². The molecule has 3 atom stereocenters. The van der Waals surface area contributed by atoms with Gasteiger partial charge in [0.05, 0.1) is 24.6 Å². The molecule has 0 radical (unpaired) electrons. The summed E-state index contributed by atoms with van der Waals surface area (Å²) in [6, 6.07) is 10.4. The SMILES string of the molecule is COc1ccc(F)cc1C(=O)NCc1ccc(-c2nn([C@@H]3CCN(C(=O)[C@H]4C[C@@H]4F)C3)c(N)c2C(N)=O)cc1. The monoisotopic (exact) mass is 538 g/mol. The van der Waals surface area contributed by atoms with Crippen molar-refractivity contribution >= 4 is 23.5 Å². The Morgan fingerprint density at radius 1 is 1.18 bits per heavy atom. The first-order chi connectivity index (χ1) is 18.7. The number of nitrogens with two attached hydrogens (primary N) is 2. The first-order valence-corrected chi connectivity index (χ1v) is 12.5. The van der Waals surface area contributed by atoms with E-state index in [2.05, 4.69) is 10.4 Å². The summed E-state index contributed by atoms with van der Waals surface area (Å²) in [7, 11) is 1.40. The van der Waals surface area contributed by atoms with Crippen LogP contribution in [0, 0.1) is 11.7 Å². The van der Waals surface area contributed by atoms with Gasteiger partial charge in [-0.05, 0) is 36.6 Å². The number of primary amides is 1. The maximum absolute atomic E-state index is 13.6. The van der Waals surface area contributed by atoms with Gasteiger partial charge in [-0.25, -0.2) is 13.5 Å².